The monoisotopic (exact) mass is 431 g/mol. The number of aromatic amines is 1. The lowest BCUT2D eigenvalue weighted by molar-refractivity contribution is 0.0500. The zero-order valence-corrected chi connectivity index (χ0v) is 17.6. The first kappa shape index (κ1) is 18.5. The maximum Gasteiger partial charge on any atom is 0.407 e. The first-order chi connectivity index (χ1) is 12.8. The molecule has 5 nitrogen and oxygen atoms in total. The van der Waals surface area contributed by atoms with E-state index in [2.05, 4.69) is 44.4 Å². The van der Waals surface area contributed by atoms with Gasteiger partial charge in [0.05, 0.1) is 11.4 Å². The number of benzene rings is 1. The van der Waals surface area contributed by atoms with Crippen molar-refractivity contribution in [2.45, 2.75) is 70.4 Å². The van der Waals surface area contributed by atoms with E-state index in [0.717, 1.165) is 53.8 Å². The topological polar surface area (TPSA) is 67.0 Å². The third-order valence-corrected chi connectivity index (χ3v) is 5.83. The predicted octanol–water partition coefficient (Wildman–Crippen LogP) is 5.10. The zero-order chi connectivity index (χ0) is 19.2. The lowest BCUT2D eigenvalue weighted by atomic mass is 9.92. The first-order valence-electron chi connectivity index (χ1n) is 9.67. The Bertz CT molecular complexity index is 869. The van der Waals surface area contributed by atoms with Gasteiger partial charge in [-0.25, -0.2) is 9.78 Å². The number of imidazole rings is 1. The molecule has 1 fully saturated rings. The summed E-state index contributed by atoms with van der Waals surface area (Å²) in [6, 6.07) is 6.50. The molecule has 2 aliphatic carbocycles. The van der Waals surface area contributed by atoms with Gasteiger partial charge in [0.2, 0.25) is 0 Å². The van der Waals surface area contributed by atoms with Crippen molar-refractivity contribution in [2.75, 3.05) is 0 Å². The van der Waals surface area contributed by atoms with Crippen LogP contribution in [0.2, 0.25) is 0 Å². The van der Waals surface area contributed by atoms with Crippen molar-refractivity contribution in [1.82, 2.24) is 15.3 Å². The van der Waals surface area contributed by atoms with Crippen molar-refractivity contribution in [3.63, 3.8) is 0 Å². The van der Waals surface area contributed by atoms with Crippen molar-refractivity contribution in [1.29, 1.82) is 0 Å². The summed E-state index contributed by atoms with van der Waals surface area (Å²) in [6.45, 7) is 5.65. The van der Waals surface area contributed by atoms with E-state index in [1.807, 2.05) is 20.8 Å². The molecule has 1 aromatic carbocycles. The van der Waals surface area contributed by atoms with Gasteiger partial charge < -0.3 is 15.0 Å². The van der Waals surface area contributed by atoms with Gasteiger partial charge in [-0.2, -0.15) is 0 Å². The van der Waals surface area contributed by atoms with Gasteiger partial charge in [0, 0.05) is 22.0 Å². The van der Waals surface area contributed by atoms with Gasteiger partial charge in [-0.1, -0.05) is 28.4 Å². The highest BCUT2D eigenvalue weighted by Crippen LogP contribution is 2.38. The van der Waals surface area contributed by atoms with Gasteiger partial charge in [0.1, 0.15) is 11.4 Å². The molecule has 2 aromatic rings. The van der Waals surface area contributed by atoms with Crippen molar-refractivity contribution >= 4 is 22.0 Å². The minimum Gasteiger partial charge on any atom is -0.444 e. The van der Waals surface area contributed by atoms with E-state index in [9.17, 15) is 4.79 Å². The largest absolute Gasteiger partial charge is 0.444 e. The number of carbonyl (C=O) groups is 1. The standard InChI is InChI=1S/C21H26BrN3O2/c1-21(2,3)27-20(26)24-16-6-4-5-15(16)19-23-17-10-7-12-11-13(22)8-9-14(12)18(17)25-19/h8-9,11,15-16H,4-7,10H2,1-3H3,(H,23,25)(H,24,26). The first-order valence-corrected chi connectivity index (χ1v) is 10.5. The third-order valence-electron chi connectivity index (χ3n) is 5.33. The Labute approximate surface area is 168 Å². The second-order valence-corrected chi connectivity index (χ2v) is 9.45. The number of hydrogen-bond donors (Lipinski definition) is 2. The molecule has 2 N–H and O–H groups in total. The lowest BCUT2D eigenvalue weighted by Gasteiger charge is -2.24. The average molecular weight is 432 g/mol. The lowest BCUT2D eigenvalue weighted by Crippen LogP contribution is -2.40. The fourth-order valence-corrected chi connectivity index (χ4v) is 4.60. The molecule has 1 saturated carbocycles. The molecule has 0 radical (unpaired) electrons. The molecule has 1 heterocycles. The van der Waals surface area contributed by atoms with Crippen LogP contribution in [0.15, 0.2) is 22.7 Å². The second-order valence-electron chi connectivity index (χ2n) is 8.54. The minimum absolute atomic E-state index is 0.0665. The summed E-state index contributed by atoms with van der Waals surface area (Å²) >= 11 is 3.56. The number of amides is 1. The van der Waals surface area contributed by atoms with Crippen LogP contribution in [0.5, 0.6) is 0 Å². The molecule has 1 amide bonds. The van der Waals surface area contributed by atoms with Crippen LogP contribution in [0.4, 0.5) is 4.79 Å². The smallest absolute Gasteiger partial charge is 0.407 e. The van der Waals surface area contributed by atoms with E-state index in [-0.39, 0.29) is 18.1 Å². The van der Waals surface area contributed by atoms with Crippen LogP contribution in [0.1, 0.15) is 63.0 Å². The number of rotatable bonds is 2. The molecule has 2 atom stereocenters. The predicted molar refractivity (Wildman–Crippen MR) is 109 cm³/mol. The number of carbonyl (C=O) groups excluding carboxylic acids is 1. The van der Waals surface area contributed by atoms with Crippen molar-refractivity contribution in [2.24, 2.45) is 0 Å². The number of nitrogens with one attached hydrogen (secondary N) is 2. The molecule has 0 bridgehead atoms. The van der Waals surface area contributed by atoms with Gasteiger partial charge in [-0.3, -0.25) is 0 Å². The molecule has 2 aliphatic rings. The molecule has 0 aliphatic heterocycles. The quantitative estimate of drug-likeness (QED) is 0.694. The molecule has 1 aromatic heterocycles. The van der Waals surface area contributed by atoms with Crippen LogP contribution < -0.4 is 5.32 Å². The fraction of sp³-hybridized carbons (Fsp3) is 0.524. The zero-order valence-electron chi connectivity index (χ0n) is 16.1. The summed E-state index contributed by atoms with van der Waals surface area (Å²) in [7, 11) is 0. The number of H-pyrrole nitrogens is 1. The van der Waals surface area contributed by atoms with Gasteiger partial charge in [0.25, 0.3) is 0 Å². The molecule has 27 heavy (non-hydrogen) atoms. The summed E-state index contributed by atoms with van der Waals surface area (Å²) in [4.78, 5) is 20.7. The Morgan fingerprint density at radius 1 is 1.30 bits per heavy atom. The van der Waals surface area contributed by atoms with Gasteiger partial charge in [-0.05, 0) is 64.2 Å². The summed E-state index contributed by atoms with van der Waals surface area (Å²) in [6.07, 6.45) is 4.69. The highest BCUT2D eigenvalue weighted by atomic mass is 79.9. The molecule has 2 unspecified atom stereocenters. The van der Waals surface area contributed by atoms with Crippen molar-refractivity contribution in [3.8, 4) is 11.3 Å². The van der Waals surface area contributed by atoms with Crippen molar-refractivity contribution < 1.29 is 9.53 Å². The summed E-state index contributed by atoms with van der Waals surface area (Å²) in [5.41, 5.74) is 4.39. The van der Waals surface area contributed by atoms with E-state index in [1.54, 1.807) is 0 Å². The van der Waals surface area contributed by atoms with Gasteiger partial charge in [0.15, 0.2) is 0 Å². The molecule has 4 rings (SSSR count). The summed E-state index contributed by atoms with van der Waals surface area (Å²) < 4.78 is 6.55. The molecular weight excluding hydrogens is 406 g/mol. The number of nitrogens with zero attached hydrogens (tertiary/aromatic N) is 1. The van der Waals surface area contributed by atoms with E-state index in [1.165, 1.54) is 11.1 Å². The SMILES string of the molecule is CC(C)(C)OC(=O)NC1CCCC1c1nc2c([nH]1)-c1ccc(Br)cc1CC2. The number of aryl methyl sites for hydroxylation is 2. The van der Waals surface area contributed by atoms with Crippen molar-refractivity contribution in [3.05, 3.63) is 39.8 Å². The number of hydrogen-bond acceptors (Lipinski definition) is 3. The Balaban J connectivity index is 1.56. The Morgan fingerprint density at radius 2 is 2.11 bits per heavy atom. The van der Waals surface area contributed by atoms with Crippen LogP contribution in [0.3, 0.4) is 0 Å². The van der Waals surface area contributed by atoms with E-state index in [0.29, 0.717) is 0 Å². The van der Waals surface area contributed by atoms with Crippen LogP contribution in [0.25, 0.3) is 11.3 Å². The normalized spacial score (nSPS) is 21.5. The Kier molecular flexibility index (Phi) is 4.78. The highest BCUT2D eigenvalue weighted by molar-refractivity contribution is 9.10. The van der Waals surface area contributed by atoms with Crippen LogP contribution in [-0.4, -0.2) is 27.7 Å². The summed E-state index contributed by atoms with van der Waals surface area (Å²) in [5.74, 6) is 1.20. The maximum absolute atomic E-state index is 12.2. The van der Waals surface area contributed by atoms with E-state index in [4.69, 9.17) is 9.72 Å². The van der Waals surface area contributed by atoms with Gasteiger partial charge in [-0.15, -0.1) is 0 Å². The number of ether oxygens (including phenoxy) is 1. The fourth-order valence-electron chi connectivity index (χ4n) is 4.19. The average Bonchev–Trinajstić information content (AvgIpc) is 3.18. The summed E-state index contributed by atoms with van der Waals surface area (Å²) in [5, 5.41) is 3.06. The van der Waals surface area contributed by atoms with E-state index < -0.39 is 5.60 Å². The highest BCUT2D eigenvalue weighted by Gasteiger charge is 2.34. The molecule has 0 saturated heterocycles. The molecule has 6 heteroatoms. The Morgan fingerprint density at radius 3 is 2.89 bits per heavy atom. The second kappa shape index (κ2) is 6.97. The molecule has 0 spiro atoms. The third kappa shape index (κ3) is 3.91. The van der Waals surface area contributed by atoms with Crippen LogP contribution in [0, 0.1) is 0 Å². The van der Waals surface area contributed by atoms with E-state index >= 15 is 0 Å². The van der Waals surface area contributed by atoms with Crippen LogP contribution >= 0.6 is 15.9 Å². The van der Waals surface area contributed by atoms with Gasteiger partial charge >= 0.3 is 6.09 Å². The number of alkyl carbamates (subject to hydrolysis) is 1. The molecular formula is C21H26BrN3O2. The van der Waals surface area contributed by atoms with Crippen LogP contribution in [-0.2, 0) is 17.6 Å². The Hall–Kier alpha value is -1.82. The number of fused-ring (bicyclic) bond motifs is 3. The number of aromatic nitrogens is 2. The molecule has 144 valence electrons. The maximum atomic E-state index is 12.2. The minimum atomic E-state index is -0.486. The number of halogens is 1.